The molecule has 2 saturated carbocycles. The highest BCUT2D eigenvalue weighted by Gasteiger charge is 2.84. The number of nitrogens with one attached hydrogen (secondary N) is 1. The fraction of sp³-hybridized carbons (Fsp3) is 0.833. The van der Waals surface area contributed by atoms with Crippen LogP contribution in [0.3, 0.4) is 0 Å². The summed E-state index contributed by atoms with van der Waals surface area (Å²) in [5.41, 5.74) is -3.70. The molecule has 0 aromatic rings. The van der Waals surface area contributed by atoms with Crippen LogP contribution in [0.15, 0.2) is 0 Å². The molecule has 8 nitrogen and oxygen atoms in total. The van der Waals surface area contributed by atoms with Crippen LogP contribution in [-0.4, -0.2) is 59.2 Å². The van der Waals surface area contributed by atoms with Crippen molar-refractivity contribution < 1.29 is 33.1 Å². The maximum absolute atomic E-state index is 13.5. The van der Waals surface area contributed by atoms with E-state index in [1.54, 1.807) is 34.6 Å². The van der Waals surface area contributed by atoms with Gasteiger partial charge in [0.15, 0.2) is 11.0 Å². The monoisotopic (exact) mass is 449 g/mol. The third-order valence-corrected chi connectivity index (χ3v) is 8.48. The summed E-state index contributed by atoms with van der Waals surface area (Å²) in [5.74, 6) is -1.26. The molecule has 2 aliphatic carbocycles. The van der Waals surface area contributed by atoms with Crippen LogP contribution in [0.5, 0.6) is 0 Å². The van der Waals surface area contributed by atoms with E-state index >= 15 is 0 Å². The fourth-order valence-corrected chi connectivity index (χ4v) is 6.56. The SMILES string of the molecule is CC(C)(C)OC(=O)[N+]1(CC(C)(C)OC(=O)[C@]23C(=O)NC[C@H]2C3(C)C)CC2C(C1=O)C2(C)C. The van der Waals surface area contributed by atoms with E-state index < -0.39 is 38.6 Å². The average molecular weight is 450 g/mol. The summed E-state index contributed by atoms with van der Waals surface area (Å²) < 4.78 is 11.1. The molecule has 178 valence electrons. The molecule has 32 heavy (non-hydrogen) atoms. The molecule has 2 heterocycles. The number of quaternary nitrogens is 1. The second-order valence-electron chi connectivity index (χ2n) is 13.0. The number of rotatable bonds is 4. The van der Waals surface area contributed by atoms with Gasteiger partial charge in [0.25, 0.3) is 0 Å². The van der Waals surface area contributed by atoms with Gasteiger partial charge in [0.1, 0.15) is 18.7 Å². The number of hydrogen-bond acceptors (Lipinski definition) is 6. The first-order valence-corrected chi connectivity index (χ1v) is 11.5. The number of nitrogens with zero attached hydrogens (tertiary/aromatic N) is 1. The quantitative estimate of drug-likeness (QED) is 0.402. The zero-order valence-corrected chi connectivity index (χ0v) is 20.8. The Morgan fingerprint density at radius 3 is 2.09 bits per heavy atom. The Balaban J connectivity index is 1.59. The van der Waals surface area contributed by atoms with Gasteiger partial charge in [-0.25, -0.2) is 4.79 Å². The van der Waals surface area contributed by atoms with Crippen molar-refractivity contribution in [2.24, 2.45) is 34.0 Å². The van der Waals surface area contributed by atoms with E-state index in [9.17, 15) is 19.2 Å². The molecule has 0 aromatic heterocycles. The lowest BCUT2D eigenvalue weighted by Gasteiger charge is -2.38. The van der Waals surface area contributed by atoms with Crippen molar-refractivity contribution in [2.75, 3.05) is 19.6 Å². The Morgan fingerprint density at radius 2 is 1.66 bits per heavy atom. The first-order valence-electron chi connectivity index (χ1n) is 11.5. The molecule has 1 N–H and O–H groups in total. The summed E-state index contributed by atoms with van der Waals surface area (Å²) in [5, 5.41) is 2.76. The maximum atomic E-state index is 13.5. The van der Waals surface area contributed by atoms with Crippen molar-refractivity contribution in [3.8, 4) is 0 Å². The van der Waals surface area contributed by atoms with Crippen LogP contribution in [0.2, 0.25) is 0 Å². The molecule has 2 aliphatic heterocycles. The second-order valence-corrected chi connectivity index (χ2v) is 13.0. The number of fused-ring (bicyclic) bond motifs is 2. The fourth-order valence-electron chi connectivity index (χ4n) is 6.56. The molecular formula is C24H37N2O6+. The van der Waals surface area contributed by atoms with E-state index in [0.717, 1.165) is 0 Å². The van der Waals surface area contributed by atoms with Gasteiger partial charge < -0.3 is 14.8 Å². The highest BCUT2D eigenvalue weighted by Crippen LogP contribution is 2.71. The minimum Gasteiger partial charge on any atom is -0.453 e. The van der Waals surface area contributed by atoms with Gasteiger partial charge in [-0.05, 0) is 45.4 Å². The standard InChI is InChI=1S/C24H36N2O6/c1-20(2,3)32-19(30)26(11-13-15(16(26)27)22(13,6)7)12-21(4,5)31-18(29)24-14(23(24,8)9)10-25-17(24)28/h13-15H,10-12H2,1-9H3/p+1/t13?,14-,15?,24+,26?/m0/s1. The molecule has 5 atom stereocenters. The number of piperidine rings is 2. The number of hydrogen-bond donors (Lipinski definition) is 1. The number of carbonyl (C=O) groups is 4. The first-order chi connectivity index (χ1) is 14.3. The lowest BCUT2D eigenvalue weighted by molar-refractivity contribution is -0.787. The number of esters is 1. The molecule has 3 unspecified atom stereocenters. The summed E-state index contributed by atoms with van der Waals surface area (Å²) in [6.45, 7) is 17.4. The topological polar surface area (TPSA) is 98.8 Å². The van der Waals surface area contributed by atoms with E-state index in [1.165, 1.54) is 0 Å². The molecule has 0 bridgehead atoms. The summed E-state index contributed by atoms with van der Waals surface area (Å²) in [4.78, 5) is 52.7. The largest absolute Gasteiger partial charge is 0.524 e. The van der Waals surface area contributed by atoms with E-state index in [2.05, 4.69) is 5.32 Å². The molecule has 0 aromatic carbocycles. The minimum atomic E-state index is -1.19. The molecular weight excluding hydrogens is 412 g/mol. The maximum Gasteiger partial charge on any atom is 0.524 e. The van der Waals surface area contributed by atoms with Gasteiger partial charge in [0.2, 0.25) is 5.91 Å². The van der Waals surface area contributed by atoms with Crippen LogP contribution < -0.4 is 5.32 Å². The Kier molecular flexibility index (Phi) is 4.44. The van der Waals surface area contributed by atoms with Crippen LogP contribution in [0.1, 0.15) is 62.3 Å². The van der Waals surface area contributed by atoms with Crippen molar-refractivity contribution in [1.82, 2.24) is 5.32 Å². The van der Waals surface area contributed by atoms with Gasteiger partial charge >= 0.3 is 18.0 Å². The Morgan fingerprint density at radius 1 is 1.06 bits per heavy atom. The van der Waals surface area contributed by atoms with Crippen LogP contribution in [-0.2, 0) is 23.9 Å². The first kappa shape index (κ1) is 23.2. The van der Waals surface area contributed by atoms with Crippen molar-refractivity contribution in [1.29, 1.82) is 0 Å². The van der Waals surface area contributed by atoms with Gasteiger partial charge in [-0.2, -0.15) is 9.28 Å². The number of amides is 3. The van der Waals surface area contributed by atoms with Crippen LogP contribution in [0, 0.1) is 34.0 Å². The van der Waals surface area contributed by atoms with E-state index in [0.29, 0.717) is 13.1 Å². The predicted molar refractivity (Wildman–Crippen MR) is 115 cm³/mol. The third-order valence-electron chi connectivity index (χ3n) is 8.48. The Bertz CT molecular complexity index is 929. The minimum absolute atomic E-state index is 0.0155. The lowest BCUT2D eigenvalue weighted by atomic mass is 9.94. The third kappa shape index (κ3) is 2.83. The molecule has 3 amide bonds. The molecule has 0 radical (unpaired) electrons. The van der Waals surface area contributed by atoms with Crippen molar-refractivity contribution >= 4 is 23.9 Å². The van der Waals surface area contributed by atoms with Crippen molar-refractivity contribution in [2.45, 2.75) is 73.5 Å². The summed E-state index contributed by atoms with van der Waals surface area (Å²) in [6.07, 6.45) is -0.601. The van der Waals surface area contributed by atoms with Crippen LogP contribution >= 0.6 is 0 Å². The van der Waals surface area contributed by atoms with Crippen LogP contribution in [0.4, 0.5) is 4.79 Å². The highest BCUT2D eigenvalue weighted by atomic mass is 16.6. The van der Waals surface area contributed by atoms with Crippen molar-refractivity contribution in [3.05, 3.63) is 0 Å². The molecule has 0 spiro atoms. The second kappa shape index (κ2) is 6.13. The zero-order chi connectivity index (χ0) is 24.3. The summed E-state index contributed by atoms with van der Waals surface area (Å²) >= 11 is 0. The predicted octanol–water partition coefficient (Wildman–Crippen LogP) is 2.64. The molecule has 8 heteroatoms. The number of imide groups is 1. The Hall–Kier alpha value is -1.96. The summed E-state index contributed by atoms with van der Waals surface area (Å²) in [7, 11) is 0. The normalized spacial score (nSPS) is 38.5. The van der Waals surface area contributed by atoms with Gasteiger partial charge in [0.05, 0.1) is 5.92 Å². The molecule has 4 aliphatic rings. The average Bonchev–Trinajstić information content (AvgIpc) is 3.09. The lowest BCUT2D eigenvalue weighted by Crippen LogP contribution is -2.63. The van der Waals surface area contributed by atoms with Gasteiger partial charge in [-0.15, -0.1) is 0 Å². The smallest absolute Gasteiger partial charge is 0.453 e. The van der Waals surface area contributed by atoms with E-state index in [-0.39, 0.29) is 41.5 Å². The van der Waals surface area contributed by atoms with Gasteiger partial charge in [-0.1, -0.05) is 27.7 Å². The van der Waals surface area contributed by atoms with Gasteiger partial charge in [-0.3, -0.25) is 9.59 Å². The number of likely N-dealkylation sites (tertiary alicyclic amines) is 1. The number of ether oxygens (including phenoxy) is 2. The summed E-state index contributed by atoms with van der Waals surface area (Å²) in [6, 6.07) is 0. The molecule has 4 fully saturated rings. The van der Waals surface area contributed by atoms with Gasteiger partial charge in [0, 0.05) is 18.4 Å². The van der Waals surface area contributed by atoms with Crippen molar-refractivity contribution in [3.63, 3.8) is 0 Å². The van der Waals surface area contributed by atoms with Crippen LogP contribution in [0.25, 0.3) is 0 Å². The highest BCUT2D eigenvalue weighted by molar-refractivity contribution is 6.10. The molecule has 4 rings (SSSR count). The van der Waals surface area contributed by atoms with E-state index in [4.69, 9.17) is 9.47 Å². The zero-order valence-electron chi connectivity index (χ0n) is 20.8. The van der Waals surface area contributed by atoms with E-state index in [1.807, 2.05) is 27.7 Å². The molecule has 2 saturated heterocycles. The number of carbonyl (C=O) groups excluding carboxylic acids is 4. The Labute approximate surface area is 190 Å².